The summed E-state index contributed by atoms with van der Waals surface area (Å²) in [5.74, 6) is -0.899. The molecule has 0 saturated carbocycles. The molecule has 2 N–H and O–H groups in total. The highest BCUT2D eigenvalue weighted by Gasteiger charge is 2.12. The van der Waals surface area contributed by atoms with Crippen LogP contribution in [0.25, 0.3) is 6.08 Å². The molecular formula is C14H19NO4S. The van der Waals surface area contributed by atoms with Gasteiger partial charge in [0, 0.05) is 24.6 Å². The molecule has 1 aromatic heterocycles. The lowest BCUT2D eigenvalue weighted by Gasteiger charge is -2.10. The number of aliphatic carboxylic acids is 1. The molecule has 1 heterocycles. The molecule has 1 atom stereocenters. The minimum atomic E-state index is -1.00. The van der Waals surface area contributed by atoms with E-state index < -0.39 is 5.97 Å². The molecule has 1 aromatic rings. The van der Waals surface area contributed by atoms with Crippen LogP contribution in [0.4, 0.5) is 0 Å². The molecule has 0 aliphatic rings. The Morgan fingerprint density at radius 3 is 2.85 bits per heavy atom. The number of carbonyl (C=O) groups is 2. The number of nitrogens with one attached hydrogen (secondary N) is 1. The smallest absolute Gasteiger partial charge is 0.328 e. The highest BCUT2D eigenvalue weighted by atomic mass is 32.1. The summed E-state index contributed by atoms with van der Waals surface area (Å²) in [4.78, 5) is 23.8. The summed E-state index contributed by atoms with van der Waals surface area (Å²) in [5.41, 5.74) is 0.891. The first-order chi connectivity index (χ1) is 9.43. The Balaban J connectivity index is 2.65. The van der Waals surface area contributed by atoms with Crippen LogP contribution in [0.15, 0.2) is 12.1 Å². The van der Waals surface area contributed by atoms with Crippen LogP contribution >= 0.6 is 11.3 Å². The standard InChI is InChI=1S/C14H19NO4S/c1-9(8-19-3)7-15-14(18)12-6-10(2)11(20-12)4-5-13(16)17/h4-6,9H,7-8H2,1-3H3,(H,15,18)(H,16,17)/b5-4+. The number of amides is 1. The molecular weight excluding hydrogens is 278 g/mol. The SMILES string of the molecule is COCC(C)CNC(=O)c1cc(C)c(/C=C/C(=O)O)s1. The zero-order chi connectivity index (χ0) is 15.1. The van der Waals surface area contributed by atoms with E-state index in [2.05, 4.69) is 5.32 Å². The van der Waals surface area contributed by atoms with Crippen molar-refractivity contribution in [2.24, 2.45) is 5.92 Å². The van der Waals surface area contributed by atoms with Gasteiger partial charge in [0.2, 0.25) is 0 Å². The third-order valence-corrected chi connectivity index (χ3v) is 3.82. The van der Waals surface area contributed by atoms with Gasteiger partial charge in [0.1, 0.15) is 0 Å². The number of thiophene rings is 1. The Hall–Kier alpha value is -1.66. The van der Waals surface area contributed by atoms with Gasteiger partial charge in [-0.3, -0.25) is 4.79 Å². The van der Waals surface area contributed by atoms with E-state index in [0.717, 1.165) is 16.5 Å². The van der Waals surface area contributed by atoms with Crippen molar-refractivity contribution in [3.63, 3.8) is 0 Å². The average Bonchev–Trinajstić information content (AvgIpc) is 2.75. The van der Waals surface area contributed by atoms with Crippen molar-refractivity contribution in [3.8, 4) is 0 Å². The van der Waals surface area contributed by atoms with Crippen molar-refractivity contribution in [2.75, 3.05) is 20.3 Å². The Morgan fingerprint density at radius 1 is 1.55 bits per heavy atom. The van der Waals surface area contributed by atoms with Crippen LogP contribution in [0.2, 0.25) is 0 Å². The van der Waals surface area contributed by atoms with Gasteiger partial charge in [0.15, 0.2) is 0 Å². The second-order valence-electron chi connectivity index (χ2n) is 4.60. The topological polar surface area (TPSA) is 75.6 Å². The van der Waals surface area contributed by atoms with Crippen LogP contribution in [0, 0.1) is 12.8 Å². The molecule has 1 amide bonds. The van der Waals surface area contributed by atoms with Gasteiger partial charge in [0.25, 0.3) is 5.91 Å². The molecule has 20 heavy (non-hydrogen) atoms. The van der Waals surface area contributed by atoms with Crippen molar-refractivity contribution in [1.82, 2.24) is 5.32 Å². The summed E-state index contributed by atoms with van der Waals surface area (Å²) in [6, 6.07) is 1.77. The number of hydrogen-bond acceptors (Lipinski definition) is 4. The third-order valence-electron chi connectivity index (χ3n) is 2.62. The number of ether oxygens (including phenoxy) is 1. The fourth-order valence-electron chi connectivity index (χ4n) is 1.62. The zero-order valence-corrected chi connectivity index (χ0v) is 12.6. The summed E-state index contributed by atoms with van der Waals surface area (Å²) < 4.78 is 5.01. The Bertz CT molecular complexity index is 507. The maximum Gasteiger partial charge on any atom is 0.328 e. The van der Waals surface area contributed by atoms with Gasteiger partial charge in [-0.1, -0.05) is 6.92 Å². The van der Waals surface area contributed by atoms with E-state index >= 15 is 0 Å². The van der Waals surface area contributed by atoms with Gasteiger partial charge in [-0.15, -0.1) is 11.3 Å². The number of aryl methyl sites for hydroxylation is 1. The molecule has 0 saturated heterocycles. The van der Waals surface area contributed by atoms with Crippen LogP contribution in [-0.4, -0.2) is 37.2 Å². The second kappa shape index (κ2) is 7.81. The lowest BCUT2D eigenvalue weighted by Crippen LogP contribution is -2.29. The molecule has 0 spiro atoms. The molecule has 6 heteroatoms. The van der Waals surface area contributed by atoms with Gasteiger partial charge >= 0.3 is 5.97 Å². The van der Waals surface area contributed by atoms with E-state index in [0.29, 0.717) is 18.0 Å². The lowest BCUT2D eigenvalue weighted by atomic mass is 10.2. The number of rotatable bonds is 7. The minimum Gasteiger partial charge on any atom is -0.478 e. The summed E-state index contributed by atoms with van der Waals surface area (Å²) in [6.45, 7) is 4.98. The van der Waals surface area contributed by atoms with Crippen LogP contribution in [0.1, 0.15) is 27.0 Å². The van der Waals surface area contributed by atoms with Crippen LogP contribution in [-0.2, 0) is 9.53 Å². The number of carboxylic acids is 1. The second-order valence-corrected chi connectivity index (χ2v) is 5.68. The summed E-state index contributed by atoms with van der Waals surface area (Å²) >= 11 is 1.28. The first-order valence-corrected chi connectivity index (χ1v) is 7.04. The van der Waals surface area contributed by atoms with Crippen molar-refractivity contribution in [3.05, 3.63) is 27.5 Å². The molecule has 0 aromatic carbocycles. The van der Waals surface area contributed by atoms with Gasteiger partial charge in [-0.05, 0) is 30.5 Å². The molecule has 1 unspecified atom stereocenters. The zero-order valence-electron chi connectivity index (χ0n) is 11.8. The van der Waals surface area contributed by atoms with Crippen LogP contribution < -0.4 is 5.32 Å². The largest absolute Gasteiger partial charge is 0.478 e. The average molecular weight is 297 g/mol. The molecule has 1 rings (SSSR count). The monoisotopic (exact) mass is 297 g/mol. The van der Waals surface area contributed by atoms with Crippen LogP contribution in [0.5, 0.6) is 0 Å². The molecule has 110 valence electrons. The van der Waals surface area contributed by atoms with Gasteiger partial charge in [-0.25, -0.2) is 4.79 Å². The van der Waals surface area contributed by atoms with E-state index in [9.17, 15) is 9.59 Å². The first kappa shape index (κ1) is 16.4. The van der Waals surface area contributed by atoms with Gasteiger partial charge in [0.05, 0.1) is 11.5 Å². The first-order valence-electron chi connectivity index (χ1n) is 6.22. The Morgan fingerprint density at radius 2 is 2.25 bits per heavy atom. The van der Waals surface area contributed by atoms with E-state index in [-0.39, 0.29) is 11.8 Å². The third kappa shape index (κ3) is 5.14. The highest BCUT2D eigenvalue weighted by molar-refractivity contribution is 7.15. The number of hydrogen-bond donors (Lipinski definition) is 2. The maximum absolute atomic E-state index is 12.0. The lowest BCUT2D eigenvalue weighted by molar-refractivity contribution is -0.131. The maximum atomic E-state index is 12.0. The van der Waals surface area contributed by atoms with Crippen molar-refractivity contribution in [1.29, 1.82) is 0 Å². The predicted molar refractivity (Wildman–Crippen MR) is 79.1 cm³/mol. The molecule has 0 aliphatic carbocycles. The van der Waals surface area contributed by atoms with Crippen molar-refractivity contribution in [2.45, 2.75) is 13.8 Å². The molecule has 0 bridgehead atoms. The normalized spacial score (nSPS) is 12.6. The van der Waals surface area contributed by atoms with Crippen molar-refractivity contribution < 1.29 is 19.4 Å². The van der Waals surface area contributed by atoms with Gasteiger partial charge in [-0.2, -0.15) is 0 Å². The Labute approximate surface area is 122 Å². The quantitative estimate of drug-likeness (QED) is 0.756. The summed E-state index contributed by atoms with van der Waals surface area (Å²) in [5, 5.41) is 11.4. The fourth-order valence-corrected chi connectivity index (χ4v) is 2.61. The van der Waals surface area contributed by atoms with E-state index in [4.69, 9.17) is 9.84 Å². The Kier molecular flexibility index (Phi) is 6.41. The number of carbonyl (C=O) groups excluding carboxylic acids is 1. The van der Waals surface area contributed by atoms with E-state index in [1.165, 1.54) is 17.4 Å². The summed E-state index contributed by atoms with van der Waals surface area (Å²) in [7, 11) is 1.63. The minimum absolute atomic E-state index is 0.143. The predicted octanol–water partition coefficient (Wildman–Crippen LogP) is 2.17. The van der Waals surface area contributed by atoms with E-state index in [1.54, 1.807) is 13.2 Å². The van der Waals surface area contributed by atoms with Crippen molar-refractivity contribution >= 4 is 29.3 Å². The number of methoxy groups -OCH3 is 1. The molecule has 0 radical (unpaired) electrons. The molecule has 0 fully saturated rings. The number of carboxylic acid groups (broad SMARTS) is 1. The van der Waals surface area contributed by atoms with Crippen LogP contribution in [0.3, 0.4) is 0 Å². The molecule has 0 aliphatic heterocycles. The molecule has 5 nitrogen and oxygen atoms in total. The summed E-state index contributed by atoms with van der Waals surface area (Å²) in [6.07, 6.45) is 2.58. The van der Waals surface area contributed by atoms with Gasteiger partial charge < -0.3 is 15.2 Å². The fraction of sp³-hybridized carbons (Fsp3) is 0.429. The van der Waals surface area contributed by atoms with E-state index in [1.807, 2.05) is 13.8 Å². The highest BCUT2D eigenvalue weighted by Crippen LogP contribution is 2.23.